The number of alkyl halides is 1. The smallest absolute Gasteiger partial charge is 0.101 e. The van der Waals surface area contributed by atoms with E-state index in [0.717, 1.165) is 32.5 Å². The fraction of sp³-hybridized carbons (Fsp3) is 1.00. The predicted molar refractivity (Wildman–Crippen MR) is 109 cm³/mol. The number of hydrogen-bond acceptors (Lipinski definition) is 5. The van der Waals surface area contributed by atoms with Crippen LogP contribution >= 0.6 is 0 Å². The molecular formula is C22H39FN4O. The van der Waals surface area contributed by atoms with E-state index < -0.39 is 6.17 Å². The van der Waals surface area contributed by atoms with Crippen LogP contribution in [0.2, 0.25) is 0 Å². The lowest BCUT2D eigenvalue weighted by atomic mass is 9.79. The van der Waals surface area contributed by atoms with E-state index in [0.29, 0.717) is 55.1 Å². The molecule has 3 N–H and O–H groups in total. The Morgan fingerprint density at radius 1 is 0.964 bits per heavy atom. The van der Waals surface area contributed by atoms with E-state index in [1.54, 1.807) is 0 Å². The molecule has 160 valence electrons. The van der Waals surface area contributed by atoms with Gasteiger partial charge in [0.1, 0.15) is 6.17 Å². The van der Waals surface area contributed by atoms with Gasteiger partial charge in [-0.1, -0.05) is 0 Å². The number of hydrogen-bond donors (Lipinski definition) is 3. The van der Waals surface area contributed by atoms with E-state index in [1.165, 1.54) is 32.1 Å². The summed E-state index contributed by atoms with van der Waals surface area (Å²) in [7, 11) is 0. The summed E-state index contributed by atoms with van der Waals surface area (Å²) in [5, 5.41) is 11.7. The third kappa shape index (κ3) is 3.87. The molecular weight excluding hydrogens is 355 g/mol. The molecule has 4 saturated heterocycles. The van der Waals surface area contributed by atoms with Gasteiger partial charge in [0.05, 0.1) is 12.3 Å². The Morgan fingerprint density at radius 2 is 1.89 bits per heavy atom. The van der Waals surface area contributed by atoms with E-state index in [2.05, 4.69) is 27.8 Å². The lowest BCUT2D eigenvalue weighted by molar-refractivity contribution is -0.0631. The van der Waals surface area contributed by atoms with Gasteiger partial charge in [-0.05, 0) is 77.8 Å². The van der Waals surface area contributed by atoms with Crippen LogP contribution in [0.3, 0.4) is 0 Å². The van der Waals surface area contributed by atoms with Crippen molar-refractivity contribution in [3.8, 4) is 0 Å². The Kier molecular flexibility index (Phi) is 5.95. The predicted octanol–water partition coefficient (Wildman–Crippen LogP) is 2.16. The standard InChI is InChI=1S/C22H39FN4O/c1-14-9-12-28-20-6-4-15(23)13-16(20)19-3-2-11-27(19)21-7-5-17-22(26-21)18(25-14)8-10-24-17/h14-22,24-26H,2-13H2,1H3/t14-,15?,16?,17?,18?,19-,20?,21?,22?/m0/s1. The van der Waals surface area contributed by atoms with Gasteiger partial charge in [-0.2, -0.15) is 0 Å². The molecule has 1 saturated carbocycles. The second-order valence-electron chi connectivity index (χ2n) is 10.0. The van der Waals surface area contributed by atoms with Crippen LogP contribution in [0.4, 0.5) is 4.39 Å². The molecule has 4 heterocycles. The first kappa shape index (κ1) is 19.7. The minimum Gasteiger partial charge on any atom is -0.378 e. The van der Waals surface area contributed by atoms with Crippen molar-refractivity contribution >= 4 is 0 Å². The van der Waals surface area contributed by atoms with Crippen LogP contribution in [-0.4, -0.2) is 73.2 Å². The molecule has 28 heavy (non-hydrogen) atoms. The van der Waals surface area contributed by atoms with Crippen molar-refractivity contribution in [3.63, 3.8) is 0 Å². The van der Waals surface area contributed by atoms with Crippen molar-refractivity contribution in [3.05, 3.63) is 0 Å². The van der Waals surface area contributed by atoms with Crippen molar-refractivity contribution in [2.75, 3.05) is 19.7 Å². The Morgan fingerprint density at radius 3 is 2.82 bits per heavy atom. The van der Waals surface area contributed by atoms with Crippen LogP contribution in [0.1, 0.15) is 64.7 Å². The first-order valence-corrected chi connectivity index (χ1v) is 12.0. The zero-order chi connectivity index (χ0) is 19.1. The molecule has 0 aromatic rings. The van der Waals surface area contributed by atoms with Crippen LogP contribution in [0.5, 0.6) is 0 Å². The molecule has 0 aromatic heterocycles. The minimum absolute atomic E-state index is 0.242. The molecule has 5 aliphatic rings. The van der Waals surface area contributed by atoms with Gasteiger partial charge in [0.25, 0.3) is 0 Å². The molecule has 6 heteroatoms. The van der Waals surface area contributed by atoms with Gasteiger partial charge in [0, 0.05) is 42.7 Å². The summed E-state index contributed by atoms with van der Waals surface area (Å²) in [6.45, 7) is 5.37. The molecule has 5 fully saturated rings. The maximum Gasteiger partial charge on any atom is 0.101 e. The molecule has 0 radical (unpaired) electrons. The maximum absolute atomic E-state index is 14.4. The van der Waals surface area contributed by atoms with Crippen LogP contribution < -0.4 is 16.0 Å². The molecule has 0 aromatic carbocycles. The summed E-state index contributed by atoms with van der Waals surface area (Å²) in [6.07, 6.45) is 9.44. The lowest BCUT2D eigenvalue weighted by Gasteiger charge is -2.50. The summed E-state index contributed by atoms with van der Waals surface area (Å²) in [4.78, 5) is 2.71. The van der Waals surface area contributed by atoms with Gasteiger partial charge < -0.3 is 15.4 Å². The molecule has 0 spiro atoms. The van der Waals surface area contributed by atoms with Gasteiger partial charge in [-0.3, -0.25) is 10.2 Å². The highest BCUT2D eigenvalue weighted by Gasteiger charge is 2.46. The average molecular weight is 395 g/mol. The van der Waals surface area contributed by atoms with E-state index in [1.807, 2.05) is 0 Å². The number of piperidine rings is 2. The molecule has 5 rings (SSSR count). The summed E-state index contributed by atoms with van der Waals surface area (Å²) >= 11 is 0. The summed E-state index contributed by atoms with van der Waals surface area (Å²) in [5.74, 6) is 0.357. The minimum atomic E-state index is -0.640. The Bertz CT molecular complexity index is 537. The van der Waals surface area contributed by atoms with Crippen LogP contribution in [-0.2, 0) is 4.74 Å². The van der Waals surface area contributed by atoms with Gasteiger partial charge in [-0.25, -0.2) is 4.39 Å². The highest BCUT2D eigenvalue weighted by molar-refractivity contribution is 5.04. The van der Waals surface area contributed by atoms with E-state index in [-0.39, 0.29) is 6.10 Å². The SMILES string of the molecule is C[C@H]1CCOC2CCC(F)CC2[C@@H]2CCCN2C2CCC3NCCC(N1)C3N2. The first-order chi connectivity index (χ1) is 13.7. The van der Waals surface area contributed by atoms with Gasteiger partial charge in [0.2, 0.25) is 0 Å². The third-order valence-corrected chi connectivity index (χ3v) is 8.25. The molecule has 2 bridgehead atoms. The Labute approximate surface area is 169 Å². The Balaban J connectivity index is 1.41. The second-order valence-corrected chi connectivity index (χ2v) is 10.0. The van der Waals surface area contributed by atoms with Crippen molar-refractivity contribution in [2.45, 2.75) is 113 Å². The molecule has 5 nitrogen and oxygen atoms in total. The second kappa shape index (κ2) is 8.46. The number of halogens is 1. The Hall–Kier alpha value is -0.270. The zero-order valence-corrected chi connectivity index (χ0v) is 17.4. The fourth-order valence-electron chi connectivity index (χ4n) is 6.86. The van der Waals surface area contributed by atoms with Gasteiger partial charge in [-0.15, -0.1) is 0 Å². The maximum atomic E-state index is 14.4. The van der Waals surface area contributed by atoms with Gasteiger partial charge in [0.15, 0.2) is 0 Å². The fourth-order valence-corrected chi connectivity index (χ4v) is 6.86. The van der Waals surface area contributed by atoms with Crippen LogP contribution in [0, 0.1) is 5.92 Å². The first-order valence-electron chi connectivity index (χ1n) is 12.0. The molecule has 7 unspecified atom stereocenters. The van der Waals surface area contributed by atoms with Crippen molar-refractivity contribution in [1.29, 1.82) is 0 Å². The summed E-state index contributed by atoms with van der Waals surface area (Å²) in [6, 6.07) is 2.55. The van der Waals surface area contributed by atoms with Crippen molar-refractivity contribution in [1.82, 2.24) is 20.9 Å². The molecule has 4 aliphatic heterocycles. The number of nitrogens with zero attached hydrogens (tertiary/aromatic N) is 1. The molecule has 0 amide bonds. The largest absolute Gasteiger partial charge is 0.378 e. The lowest BCUT2D eigenvalue weighted by Crippen LogP contribution is -2.70. The number of ether oxygens (including phenoxy) is 1. The monoisotopic (exact) mass is 394 g/mol. The van der Waals surface area contributed by atoms with Crippen LogP contribution in [0.15, 0.2) is 0 Å². The number of nitrogens with one attached hydrogen (secondary N) is 3. The summed E-state index contributed by atoms with van der Waals surface area (Å²) < 4.78 is 20.8. The molecule has 1 aliphatic carbocycles. The number of rotatable bonds is 0. The van der Waals surface area contributed by atoms with Gasteiger partial charge >= 0.3 is 0 Å². The van der Waals surface area contributed by atoms with Crippen molar-refractivity contribution in [2.24, 2.45) is 5.92 Å². The van der Waals surface area contributed by atoms with Crippen LogP contribution in [0.25, 0.3) is 0 Å². The van der Waals surface area contributed by atoms with E-state index >= 15 is 0 Å². The summed E-state index contributed by atoms with van der Waals surface area (Å²) in [5.41, 5.74) is 0. The zero-order valence-electron chi connectivity index (χ0n) is 17.4. The number of fused-ring (bicyclic) bond motifs is 5. The quantitative estimate of drug-likeness (QED) is 0.588. The third-order valence-electron chi connectivity index (χ3n) is 8.25. The molecule has 9 atom stereocenters. The van der Waals surface area contributed by atoms with E-state index in [4.69, 9.17) is 4.74 Å². The van der Waals surface area contributed by atoms with Crippen molar-refractivity contribution < 1.29 is 9.13 Å². The normalized spacial score (nSPS) is 50.6. The highest BCUT2D eigenvalue weighted by Crippen LogP contribution is 2.39. The topological polar surface area (TPSA) is 48.6 Å². The average Bonchev–Trinajstić information content (AvgIpc) is 3.18. The highest BCUT2D eigenvalue weighted by atomic mass is 19.1. The van der Waals surface area contributed by atoms with E-state index in [9.17, 15) is 4.39 Å².